The van der Waals surface area contributed by atoms with E-state index in [1.54, 1.807) is 0 Å². The first kappa shape index (κ1) is 8.93. The minimum absolute atomic E-state index is 0.0461. The summed E-state index contributed by atoms with van der Waals surface area (Å²) in [6, 6.07) is 1.48. The Morgan fingerprint density at radius 3 is 2.86 bits per heavy atom. The predicted octanol–water partition coefficient (Wildman–Crippen LogP) is 0.948. The van der Waals surface area contributed by atoms with E-state index in [-0.39, 0.29) is 11.6 Å². The number of nitrogens with zero attached hydrogens (tertiary/aromatic N) is 2. The van der Waals surface area contributed by atoms with E-state index in [4.69, 9.17) is 5.11 Å². The second-order valence-corrected chi connectivity index (χ2v) is 3.34. The van der Waals surface area contributed by atoms with Gasteiger partial charge in [0.15, 0.2) is 5.69 Å². The lowest BCUT2D eigenvalue weighted by atomic mass is 10.2. The molecule has 0 amide bonds. The number of aromatic nitrogens is 2. The topological polar surface area (TPSA) is 72.2 Å². The van der Waals surface area contributed by atoms with Crippen molar-refractivity contribution >= 4 is 11.9 Å². The summed E-state index contributed by atoms with van der Waals surface area (Å²) in [5.74, 6) is -1.19. The molecule has 74 valence electrons. The predicted molar refractivity (Wildman–Crippen MR) is 47.4 cm³/mol. The fourth-order valence-electron chi connectivity index (χ4n) is 1.61. The molecule has 0 saturated heterocycles. The maximum absolute atomic E-state index is 11.4. The molecular formula is C9H10N2O3. The van der Waals surface area contributed by atoms with Gasteiger partial charge < -0.3 is 5.11 Å². The number of carbonyl (C=O) groups excluding carboxylic acids is 1. The number of aryl methyl sites for hydroxylation is 1. The molecule has 2 rings (SSSR count). The Morgan fingerprint density at radius 2 is 2.14 bits per heavy atom. The highest BCUT2D eigenvalue weighted by Crippen LogP contribution is 2.15. The van der Waals surface area contributed by atoms with Gasteiger partial charge in [-0.05, 0) is 25.3 Å². The third-order valence-electron chi connectivity index (χ3n) is 2.31. The van der Waals surface area contributed by atoms with Crippen LogP contribution in [0, 0.1) is 0 Å². The van der Waals surface area contributed by atoms with Gasteiger partial charge in [-0.1, -0.05) is 0 Å². The first-order valence-electron chi connectivity index (χ1n) is 4.54. The highest BCUT2D eigenvalue weighted by atomic mass is 16.4. The summed E-state index contributed by atoms with van der Waals surface area (Å²) in [4.78, 5) is 22.1. The van der Waals surface area contributed by atoms with Gasteiger partial charge in [0.05, 0.1) is 0 Å². The maximum Gasteiger partial charge on any atom is 0.356 e. The van der Waals surface area contributed by atoms with Gasteiger partial charge in [-0.25, -0.2) is 9.48 Å². The van der Waals surface area contributed by atoms with Crippen molar-refractivity contribution < 1.29 is 14.7 Å². The average Bonchev–Trinajstić information content (AvgIpc) is 2.49. The number of carbonyl (C=O) groups is 2. The van der Waals surface area contributed by atoms with Crippen LogP contribution in [0.15, 0.2) is 6.07 Å². The first-order valence-corrected chi connectivity index (χ1v) is 4.54. The maximum atomic E-state index is 11.4. The van der Waals surface area contributed by atoms with Gasteiger partial charge in [-0.3, -0.25) is 4.79 Å². The molecule has 0 fully saturated rings. The molecule has 0 aliphatic carbocycles. The minimum Gasteiger partial charge on any atom is -0.476 e. The number of hydrogen-bond donors (Lipinski definition) is 1. The molecular weight excluding hydrogens is 184 g/mol. The van der Waals surface area contributed by atoms with Crippen molar-refractivity contribution in [1.29, 1.82) is 0 Å². The van der Waals surface area contributed by atoms with Gasteiger partial charge in [0.2, 0.25) is 5.91 Å². The molecule has 5 nitrogen and oxygen atoms in total. The third-order valence-corrected chi connectivity index (χ3v) is 2.31. The zero-order chi connectivity index (χ0) is 10.1. The molecule has 1 aliphatic rings. The van der Waals surface area contributed by atoms with Crippen molar-refractivity contribution in [2.75, 3.05) is 0 Å². The summed E-state index contributed by atoms with van der Waals surface area (Å²) in [6.07, 6.45) is 2.95. The number of carboxylic acids is 1. The molecule has 1 aliphatic heterocycles. The largest absolute Gasteiger partial charge is 0.476 e. The molecule has 1 aromatic rings. The smallest absolute Gasteiger partial charge is 0.356 e. The molecule has 1 N–H and O–H groups in total. The summed E-state index contributed by atoms with van der Waals surface area (Å²) in [5, 5.41) is 12.5. The van der Waals surface area contributed by atoms with Crippen molar-refractivity contribution in [3.8, 4) is 0 Å². The Balaban J connectivity index is 2.44. The molecule has 0 spiro atoms. The zero-order valence-corrected chi connectivity index (χ0v) is 7.56. The highest BCUT2D eigenvalue weighted by Gasteiger charge is 2.19. The van der Waals surface area contributed by atoms with Gasteiger partial charge in [0, 0.05) is 12.1 Å². The van der Waals surface area contributed by atoms with E-state index in [1.165, 1.54) is 10.7 Å². The molecule has 0 atom stereocenters. The third kappa shape index (κ3) is 1.41. The lowest BCUT2D eigenvalue weighted by Gasteiger charge is -1.97. The number of rotatable bonds is 1. The summed E-state index contributed by atoms with van der Waals surface area (Å²) < 4.78 is 1.23. The fourth-order valence-corrected chi connectivity index (χ4v) is 1.61. The average molecular weight is 194 g/mol. The van der Waals surface area contributed by atoms with Crippen LogP contribution in [0.4, 0.5) is 0 Å². The minimum atomic E-state index is -1.08. The molecule has 0 aromatic carbocycles. The summed E-state index contributed by atoms with van der Waals surface area (Å²) in [5.41, 5.74) is 0.667. The van der Waals surface area contributed by atoms with Crippen molar-refractivity contribution in [2.45, 2.75) is 25.7 Å². The fraction of sp³-hybridized carbons (Fsp3) is 0.444. The Hall–Kier alpha value is -1.65. The molecule has 0 radical (unpaired) electrons. The summed E-state index contributed by atoms with van der Waals surface area (Å²) >= 11 is 0. The molecule has 0 unspecified atom stereocenters. The van der Waals surface area contributed by atoms with Crippen LogP contribution in [0.2, 0.25) is 0 Å². The Labute approximate surface area is 80.3 Å². The van der Waals surface area contributed by atoms with E-state index >= 15 is 0 Å². The van der Waals surface area contributed by atoms with Gasteiger partial charge in [0.25, 0.3) is 0 Å². The van der Waals surface area contributed by atoms with Crippen LogP contribution in [-0.2, 0) is 6.42 Å². The van der Waals surface area contributed by atoms with Crippen molar-refractivity contribution in [1.82, 2.24) is 9.78 Å². The van der Waals surface area contributed by atoms with Crippen LogP contribution in [0.1, 0.15) is 40.2 Å². The van der Waals surface area contributed by atoms with E-state index in [0.717, 1.165) is 19.3 Å². The van der Waals surface area contributed by atoms with Crippen molar-refractivity contribution in [2.24, 2.45) is 0 Å². The molecule has 0 saturated carbocycles. The molecule has 2 heterocycles. The standard InChI is InChI=1S/C9H10N2O3/c12-8-4-2-1-3-6-5-7(9(13)14)10-11(6)8/h5H,1-4H2,(H,13,14). The zero-order valence-electron chi connectivity index (χ0n) is 7.56. The molecule has 0 bridgehead atoms. The Morgan fingerprint density at radius 1 is 1.43 bits per heavy atom. The van der Waals surface area contributed by atoms with E-state index < -0.39 is 5.97 Å². The van der Waals surface area contributed by atoms with E-state index in [2.05, 4.69) is 5.10 Å². The van der Waals surface area contributed by atoms with Crippen LogP contribution in [0.5, 0.6) is 0 Å². The Kier molecular flexibility index (Phi) is 2.07. The normalized spacial score (nSPS) is 16.1. The van der Waals surface area contributed by atoms with Crippen LogP contribution < -0.4 is 0 Å². The quantitative estimate of drug-likeness (QED) is 0.722. The van der Waals surface area contributed by atoms with E-state index in [0.29, 0.717) is 12.1 Å². The van der Waals surface area contributed by atoms with Crippen LogP contribution in [0.3, 0.4) is 0 Å². The second-order valence-electron chi connectivity index (χ2n) is 3.34. The van der Waals surface area contributed by atoms with Gasteiger partial charge in [-0.15, -0.1) is 0 Å². The number of fused-ring (bicyclic) bond motifs is 1. The molecule has 1 aromatic heterocycles. The molecule has 5 heteroatoms. The van der Waals surface area contributed by atoms with Gasteiger partial charge >= 0.3 is 5.97 Å². The van der Waals surface area contributed by atoms with Crippen molar-refractivity contribution in [3.05, 3.63) is 17.5 Å². The van der Waals surface area contributed by atoms with Crippen LogP contribution in [-0.4, -0.2) is 26.8 Å². The summed E-state index contributed by atoms with van der Waals surface area (Å²) in [7, 11) is 0. The van der Waals surface area contributed by atoms with Crippen LogP contribution in [0.25, 0.3) is 0 Å². The monoisotopic (exact) mass is 194 g/mol. The lowest BCUT2D eigenvalue weighted by Crippen LogP contribution is -2.13. The van der Waals surface area contributed by atoms with E-state index in [9.17, 15) is 9.59 Å². The first-order chi connectivity index (χ1) is 6.68. The molecule has 14 heavy (non-hydrogen) atoms. The number of aromatic carboxylic acids is 1. The summed E-state index contributed by atoms with van der Waals surface area (Å²) in [6.45, 7) is 0. The number of hydrogen-bond acceptors (Lipinski definition) is 3. The second kappa shape index (κ2) is 3.25. The van der Waals surface area contributed by atoms with Gasteiger partial charge in [-0.2, -0.15) is 5.10 Å². The lowest BCUT2D eigenvalue weighted by molar-refractivity contribution is 0.0689. The highest BCUT2D eigenvalue weighted by molar-refractivity contribution is 5.87. The van der Waals surface area contributed by atoms with E-state index in [1.807, 2.05) is 0 Å². The van der Waals surface area contributed by atoms with Gasteiger partial charge in [0.1, 0.15) is 0 Å². The Bertz CT molecular complexity index is 395. The SMILES string of the molecule is O=C(O)c1cc2n(n1)C(=O)CCCC2. The van der Waals surface area contributed by atoms with Crippen LogP contribution >= 0.6 is 0 Å². The number of carboxylic acid groups (broad SMARTS) is 1. The van der Waals surface area contributed by atoms with Crippen molar-refractivity contribution in [3.63, 3.8) is 0 Å².